The molecule has 0 aliphatic heterocycles. The van der Waals surface area contributed by atoms with Crippen LogP contribution in [0.25, 0.3) is 22.1 Å². The fourth-order valence-electron chi connectivity index (χ4n) is 6.29. The maximum absolute atomic E-state index is 12.5. The first kappa shape index (κ1) is 37.8. The monoisotopic (exact) mass is 750 g/mol. The van der Waals surface area contributed by atoms with Gasteiger partial charge in [-0.15, -0.1) is 5.10 Å². The number of phenols is 2. The third-order valence-electron chi connectivity index (χ3n) is 9.17. The quantitative estimate of drug-likeness (QED) is 0.0310. The third-order valence-corrected chi connectivity index (χ3v) is 10.1. The number of aromatic nitrogens is 6. The number of nitro benzene ring substituents is 1. The number of thioether (sulfide) groups is 1. The number of unbranched alkanes of at least 4 members (excludes halogenated alkanes) is 8. The van der Waals surface area contributed by atoms with E-state index in [-0.39, 0.29) is 28.5 Å². The Balaban J connectivity index is 1.40. The Kier molecular flexibility index (Phi) is 12.4. The van der Waals surface area contributed by atoms with Crippen molar-refractivity contribution in [1.82, 2.24) is 30.0 Å². The number of carbonyl (C=O) groups excluding carboxylic acids is 1. The molecule has 15 heteroatoms. The first-order valence-electron chi connectivity index (χ1n) is 18.0. The van der Waals surface area contributed by atoms with Crippen molar-refractivity contribution >= 4 is 34.1 Å². The Hall–Kier alpha value is -5.96. The van der Waals surface area contributed by atoms with Gasteiger partial charge in [-0.3, -0.25) is 14.9 Å². The zero-order valence-electron chi connectivity index (χ0n) is 29.9. The highest BCUT2D eigenvalue weighted by molar-refractivity contribution is 7.98. The Morgan fingerprint density at radius 1 is 0.870 bits per heavy atom. The molecule has 54 heavy (non-hydrogen) atoms. The van der Waals surface area contributed by atoms with Crippen molar-refractivity contribution in [2.75, 3.05) is 0 Å². The van der Waals surface area contributed by atoms with Crippen LogP contribution in [0.2, 0.25) is 0 Å². The summed E-state index contributed by atoms with van der Waals surface area (Å²) in [6.45, 7) is 2.22. The summed E-state index contributed by atoms with van der Waals surface area (Å²) >= 11 is 1.36. The molecule has 4 aromatic carbocycles. The molecule has 2 aromatic heterocycles. The van der Waals surface area contributed by atoms with Gasteiger partial charge in [-0.2, -0.15) is 9.78 Å². The molecule has 0 saturated carbocycles. The van der Waals surface area contributed by atoms with Gasteiger partial charge in [0.25, 0.3) is 11.6 Å². The van der Waals surface area contributed by atoms with Gasteiger partial charge in [0.05, 0.1) is 27.6 Å². The second-order valence-corrected chi connectivity index (χ2v) is 13.9. The second kappa shape index (κ2) is 17.7. The standard InChI is InChI=1S/C39H42N8O6S/c1-2-3-4-5-6-7-8-9-10-15-34-33(25-54-39-41-43-44-46(39)27-20-22-29(48)23-21-27)38(45(42-34)26-16-18-28(19-17-26)47(51)52)53-35-24-32(37(40)50)36(49)31-14-12-11-13-30(31)35/h11-14,16-24,48-49H,2-10,15,25H2,1H3,(H2,40,50). The molecule has 0 spiro atoms. The molecule has 14 nitrogen and oxygen atoms in total. The van der Waals surface area contributed by atoms with E-state index >= 15 is 0 Å². The average molecular weight is 751 g/mol. The molecule has 0 radical (unpaired) electrons. The maximum Gasteiger partial charge on any atom is 0.269 e. The summed E-state index contributed by atoms with van der Waals surface area (Å²) < 4.78 is 9.93. The molecule has 6 aromatic rings. The highest BCUT2D eigenvalue weighted by atomic mass is 32.2. The number of tetrazole rings is 1. The minimum absolute atomic E-state index is 0.0734. The number of rotatable bonds is 19. The number of nitrogens with two attached hydrogens (primary N) is 1. The lowest BCUT2D eigenvalue weighted by molar-refractivity contribution is -0.384. The predicted octanol–water partition coefficient (Wildman–Crippen LogP) is 8.58. The fraction of sp³-hybridized carbons (Fsp3) is 0.308. The molecule has 280 valence electrons. The SMILES string of the molecule is CCCCCCCCCCCc1nn(-c2ccc([N+](=O)[O-])cc2)c(Oc2cc(C(N)=O)c(O)c3ccccc23)c1CSc1nnnn1-c1ccc(O)cc1. The molecule has 0 unspecified atom stereocenters. The van der Waals surface area contributed by atoms with Gasteiger partial charge in [-0.1, -0.05) is 94.3 Å². The molecule has 6 rings (SSSR count). The van der Waals surface area contributed by atoms with Crippen LogP contribution in [0.1, 0.15) is 86.3 Å². The fourth-order valence-corrected chi connectivity index (χ4v) is 7.21. The number of carbonyl (C=O) groups is 1. The molecule has 2 heterocycles. The molecular formula is C39H42N8O6S. The van der Waals surface area contributed by atoms with Crippen LogP contribution in [0.15, 0.2) is 84.0 Å². The number of nitro groups is 1. The minimum Gasteiger partial charge on any atom is -0.508 e. The minimum atomic E-state index is -0.824. The van der Waals surface area contributed by atoms with Crippen LogP contribution >= 0.6 is 11.8 Å². The smallest absolute Gasteiger partial charge is 0.269 e. The second-order valence-electron chi connectivity index (χ2n) is 13.0. The molecule has 0 atom stereocenters. The first-order chi connectivity index (χ1) is 26.2. The highest BCUT2D eigenvalue weighted by Crippen LogP contribution is 2.41. The van der Waals surface area contributed by atoms with E-state index in [0.717, 1.165) is 30.5 Å². The number of ether oxygens (including phenoxy) is 1. The lowest BCUT2D eigenvalue weighted by Gasteiger charge is -2.15. The van der Waals surface area contributed by atoms with E-state index in [9.17, 15) is 25.1 Å². The van der Waals surface area contributed by atoms with E-state index < -0.39 is 10.8 Å². The largest absolute Gasteiger partial charge is 0.508 e. The van der Waals surface area contributed by atoms with Crippen LogP contribution in [0.4, 0.5) is 5.69 Å². The van der Waals surface area contributed by atoms with Gasteiger partial charge >= 0.3 is 0 Å². The van der Waals surface area contributed by atoms with Crippen LogP contribution in [0.5, 0.6) is 23.1 Å². The lowest BCUT2D eigenvalue weighted by Crippen LogP contribution is -2.11. The highest BCUT2D eigenvalue weighted by Gasteiger charge is 2.25. The maximum atomic E-state index is 12.5. The van der Waals surface area contributed by atoms with Crippen molar-refractivity contribution in [3.63, 3.8) is 0 Å². The van der Waals surface area contributed by atoms with E-state index in [0.29, 0.717) is 45.4 Å². The summed E-state index contributed by atoms with van der Waals surface area (Å²) in [5.41, 5.74) is 8.18. The number of nitrogens with zero attached hydrogens (tertiary/aromatic N) is 7. The summed E-state index contributed by atoms with van der Waals surface area (Å²) in [6, 6.07) is 20.9. The van der Waals surface area contributed by atoms with Crippen LogP contribution in [-0.4, -0.2) is 51.0 Å². The number of primary amides is 1. The van der Waals surface area contributed by atoms with Gasteiger partial charge in [-0.25, -0.2) is 4.68 Å². The van der Waals surface area contributed by atoms with Gasteiger partial charge in [0.2, 0.25) is 11.0 Å². The van der Waals surface area contributed by atoms with Gasteiger partial charge in [0.1, 0.15) is 17.2 Å². The molecule has 4 N–H and O–H groups in total. The number of hydrogen-bond acceptors (Lipinski definition) is 11. The van der Waals surface area contributed by atoms with Crippen LogP contribution in [0, 0.1) is 10.1 Å². The number of non-ortho nitro benzene ring substituents is 1. The molecule has 0 fully saturated rings. The van der Waals surface area contributed by atoms with Crippen molar-refractivity contribution in [1.29, 1.82) is 0 Å². The van der Waals surface area contributed by atoms with E-state index in [1.807, 2.05) is 0 Å². The predicted molar refractivity (Wildman–Crippen MR) is 206 cm³/mol. The number of amides is 1. The topological polar surface area (TPSA) is 197 Å². The van der Waals surface area contributed by atoms with Crippen molar-refractivity contribution < 1.29 is 24.7 Å². The lowest BCUT2D eigenvalue weighted by atomic mass is 10.0. The summed E-state index contributed by atoms with van der Waals surface area (Å²) in [5.74, 6) is -0.0742. The molecule has 0 bridgehead atoms. The first-order valence-corrected chi connectivity index (χ1v) is 19.0. The van der Waals surface area contributed by atoms with E-state index in [2.05, 4.69) is 22.4 Å². The molecule has 0 saturated heterocycles. The van der Waals surface area contributed by atoms with Crippen molar-refractivity contribution in [2.45, 2.75) is 82.0 Å². The Morgan fingerprint density at radius 2 is 1.50 bits per heavy atom. The van der Waals surface area contributed by atoms with Gasteiger partial charge < -0.3 is 20.7 Å². The van der Waals surface area contributed by atoms with Crippen LogP contribution in [0.3, 0.4) is 0 Å². The van der Waals surface area contributed by atoms with Crippen molar-refractivity contribution in [2.24, 2.45) is 5.73 Å². The Bertz CT molecular complexity index is 2220. The zero-order chi connectivity index (χ0) is 38.0. The van der Waals surface area contributed by atoms with E-state index in [1.54, 1.807) is 70.0 Å². The van der Waals surface area contributed by atoms with Crippen LogP contribution < -0.4 is 10.5 Å². The Labute approximate surface area is 316 Å². The number of benzene rings is 4. The Morgan fingerprint density at radius 3 is 2.17 bits per heavy atom. The van der Waals surface area contributed by atoms with Gasteiger partial charge in [-0.05, 0) is 65.7 Å². The zero-order valence-corrected chi connectivity index (χ0v) is 30.7. The molecule has 1 amide bonds. The number of fused-ring (bicyclic) bond motifs is 1. The van der Waals surface area contributed by atoms with Crippen molar-refractivity contribution in [3.05, 3.63) is 106 Å². The average Bonchev–Trinajstić information content (AvgIpc) is 3.78. The van der Waals surface area contributed by atoms with Crippen LogP contribution in [-0.2, 0) is 12.2 Å². The summed E-state index contributed by atoms with van der Waals surface area (Å²) in [7, 11) is 0. The molecule has 0 aliphatic rings. The summed E-state index contributed by atoms with van der Waals surface area (Å²) in [4.78, 5) is 23.5. The summed E-state index contributed by atoms with van der Waals surface area (Å²) in [5, 5.41) is 51.1. The normalized spacial score (nSPS) is 11.3. The number of aryl methyl sites for hydroxylation is 1. The van der Waals surface area contributed by atoms with E-state index in [1.165, 1.54) is 68.5 Å². The number of aromatic hydroxyl groups is 2. The number of phenolic OH excluding ortho intramolecular Hbond substituents is 1. The number of hydrogen-bond donors (Lipinski definition) is 3. The van der Waals surface area contributed by atoms with Gasteiger partial charge in [0.15, 0.2) is 0 Å². The molecule has 0 aliphatic carbocycles. The summed E-state index contributed by atoms with van der Waals surface area (Å²) in [6.07, 6.45) is 11.1. The molecular weight excluding hydrogens is 709 g/mol. The van der Waals surface area contributed by atoms with Crippen molar-refractivity contribution in [3.8, 4) is 34.5 Å². The van der Waals surface area contributed by atoms with E-state index in [4.69, 9.17) is 15.6 Å². The van der Waals surface area contributed by atoms with Gasteiger partial charge in [0, 0.05) is 34.2 Å². The third kappa shape index (κ3) is 8.80.